The summed E-state index contributed by atoms with van der Waals surface area (Å²) in [7, 11) is 0. The van der Waals surface area contributed by atoms with Gasteiger partial charge >= 0.3 is 0 Å². The lowest BCUT2D eigenvalue weighted by atomic mass is 10.1. The summed E-state index contributed by atoms with van der Waals surface area (Å²) in [4.78, 5) is 8.81. The van der Waals surface area contributed by atoms with Crippen LogP contribution in [0, 0.1) is 0 Å². The van der Waals surface area contributed by atoms with E-state index in [1.807, 2.05) is 36.7 Å². The summed E-state index contributed by atoms with van der Waals surface area (Å²) in [5.74, 6) is 0.790. The highest BCUT2D eigenvalue weighted by molar-refractivity contribution is 9.10. The van der Waals surface area contributed by atoms with Crippen molar-refractivity contribution in [1.29, 1.82) is 0 Å². The van der Waals surface area contributed by atoms with E-state index in [-0.39, 0.29) is 0 Å². The summed E-state index contributed by atoms with van der Waals surface area (Å²) < 4.78 is 1.07. The molecule has 0 aliphatic carbocycles. The topological polar surface area (TPSA) is 25.8 Å². The highest BCUT2D eigenvalue weighted by atomic mass is 79.9. The van der Waals surface area contributed by atoms with Crippen molar-refractivity contribution in [2.45, 2.75) is 26.2 Å². The van der Waals surface area contributed by atoms with Gasteiger partial charge in [-0.05, 0) is 30.5 Å². The van der Waals surface area contributed by atoms with E-state index in [9.17, 15) is 0 Å². The number of hydrogen-bond acceptors (Lipinski definition) is 2. The molecule has 0 unspecified atom stereocenters. The van der Waals surface area contributed by atoms with Gasteiger partial charge in [-0.25, -0.2) is 9.97 Å². The Labute approximate surface area is 110 Å². The first-order valence-corrected chi connectivity index (χ1v) is 6.65. The zero-order chi connectivity index (χ0) is 12.1. The minimum atomic E-state index is 0.790. The van der Waals surface area contributed by atoms with Crippen LogP contribution < -0.4 is 0 Å². The van der Waals surface area contributed by atoms with Crippen LogP contribution in [0.3, 0.4) is 0 Å². The summed E-state index contributed by atoms with van der Waals surface area (Å²) >= 11 is 3.42. The molecular formula is C14H15BrN2. The molecule has 2 rings (SSSR count). The molecule has 1 heterocycles. The van der Waals surface area contributed by atoms with Crippen LogP contribution in [0.1, 0.15) is 25.3 Å². The van der Waals surface area contributed by atoms with Gasteiger partial charge in [-0.3, -0.25) is 0 Å². The minimum absolute atomic E-state index is 0.790. The second-order valence-electron chi connectivity index (χ2n) is 4.03. The number of halogens is 1. The predicted octanol–water partition coefficient (Wildman–Crippen LogP) is 4.25. The molecule has 3 heteroatoms. The average molecular weight is 291 g/mol. The van der Waals surface area contributed by atoms with Gasteiger partial charge in [-0.2, -0.15) is 0 Å². The molecule has 0 spiro atoms. The van der Waals surface area contributed by atoms with E-state index in [0.29, 0.717) is 0 Å². The summed E-state index contributed by atoms with van der Waals surface area (Å²) in [6.07, 6.45) is 7.33. The van der Waals surface area contributed by atoms with Crippen molar-refractivity contribution < 1.29 is 0 Å². The average Bonchev–Trinajstić information content (AvgIpc) is 2.38. The van der Waals surface area contributed by atoms with Crippen molar-refractivity contribution in [3.8, 4) is 11.4 Å². The molecule has 2 aromatic rings. The quantitative estimate of drug-likeness (QED) is 0.841. The number of hydrogen-bond donors (Lipinski definition) is 0. The van der Waals surface area contributed by atoms with Gasteiger partial charge in [0.25, 0.3) is 0 Å². The van der Waals surface area contributed by atoms with Crippen molar-refractivity contribution in [3.63, 3.8) is 0 Å². The lowest BCUT2D eigenvalue weighted by molar-refractivity contribution is 0.788. The molecule has 0 bridgehead atoms. The van der Waals surface area contributed by atoms with Crippen LogP contribution >= 0.6 is 15.9 Å². The number of benzene rings is 1. The van der Waals surface area contributed by atoms with Crippen molar-refractivity contribution in [2.75, 3.05) is 0 Å². The van der Waals surface area contributed by atoms with Crippen LogP contribution in [-0.4, -0.2) is 9.97 Å². The molecule has 0 saturated carbocycles. The Hall–Kier alpha value is -1.22. The Morgan fingerprint density at radius 2 is 1.71 bits per heavy atom. The molecule has 0 amide bonds. The molecule has 17 heavy (non-hydrogen) atoms. The molecule has 0 atom stereocenters. The number of rotatable bonds is 4. The Kier molecular flexibility index (Phi) is 4.26. The first-order chi connectivity index (χ1) is 8.29. The molecule has 0 fully saturated rings. The zero-order valence-electron chi connectivity index (χ0n) is 9.86. The first kappa shape index (κ1) is 12.2. The van der Waals surface area contributed by atoms with Crippen LogP contribution in [-0.2, 0) is 6.42 Å². The van der Waals surface area contributed by atoms with Crippen LogP contribution in [0.4, 0.5) is 0 Å². The van der Waals surface area contributed by atoms with Crippen molar-refractivity contribution in [2.24, 2.45) is 0 Å². The molecule has 1 aromatic heterocycles. The molecule has 0 N–H and O–H groups in total. The number of nitrogens with zero attached hydrogens (tertiary/aromatic N) is 2. The molecule has 2 nitrogen and oxygen atoms in total. The third-order valence-electron chi connectivity index (χ3n) is 2.63. The Balaban J connectivity index is 2.14. The van der Waals surface area contributed by atoms with E-state index < -0.39 is 0 Å². The molecule has 1 aromatic carbocycles. The fourth-order valence-electron chi connectivity index (χ4n) is 1.61. The lowest BCUT2D eigenvalue weighted by Gasteiger charge is -2.02. The molecule has 0 aliphatic heterocycles. The summed E-state index contributed by atoms with van der Waals surface area (Å²) in [5, 5.41) is 0. The van der Waals surface area contributed by atoms with E-state index in [4.69, 9.17) is 0 Å². The maximum Gasteiger partial charge on any atom is 0.159 e. The Bertz CT molecular complexity index is 463. The standard InChI is InChI=1S/C14H15BrN2/c1-2-3-4-11-9-16-14(17-10-11)12-5-7-13(15)8-6-12/h5-10H,2-4H2,1H3. The third-order valence-corrected chi connectivity index (χ3v) is 3.16. The van der Waals surface area contributed by atoms with Crippen molar-refractivity contribution in [1.82, 2.24) is 9.97 Å². The van der Waals surface area contributed by atoms with Gasteiger partial charge in [0.2, 0.25) is 0 Å². The normalized spacial score (nSPS) is 10.5. The third kappa shape index (κ3) is 3.37. The highest BCUT2D eigenvalue weighted by Crippen LogP contribution is 2.18. The number of unbranched alkanes of at least 4 members (excludes halogenated alkanes) is 1. The van der Waals surface area contributed by atoms with E-state index >= 15 is 0 Å². The van der Waals surface area contributed by atoms with E-state index in [1.165, 1.54) is 18.4 Å². The molecular weight excluding hydrogens is 276 g/mol. The SMILES string of the molecule is CCCCc1cnc(-c2ccc(Br)cc2)nc1. The summed E-state index contributed by atoms with van der Waals surface area (Å²) in [5.41, 5.74) is 2.27. The van der Waals surface area contributed by atoms with Gasteiger partial charge in [-0.15, -0.1) is 0 Å². The maximum atomic E-state index is 4.41. The largest absolute Gasteiger partial charge is 0.236 e. The van der Waals surface area contributed by atoms with Crippen LogP contribution in [0.25, 0.3) is 11.4 Å². The minimum Gasteiger partial charge on any atom is -0.236 e. The maximum absolute atomic E-state index is 4.41. The van der Waals surface area contributed by atoms with Crippen LogP contribution in [0.5, 0.6) is 0 Å². The highest BCUT2D eigenvalue weighted by Gasteiger charge is 2.01. The molecule has 88 valence electrons. The van der Waals surface area contributed by atoms with Crippen LogP contribution in [0.15, 0.2) is 41.1 Å². The van der Waals surface area contributed by atoms with Crippen molar-refractivity contribution >= 4 is 15.9 Å². The van der Waals surface area contributed by atoms with E-state index in [0.717, 1.165) is 22.3 Å². The summed E-state index contributed by atoms with van der Waals surface area (Å²) in [6.45, 7) is 2.19. The fraction of sp³-hybridized carbons (Fsp3) is 0.286. The fourth-order valence-corrected chi connectivity index (χ4v) is 1.88. The molecule has 0 saturated heterocycles. The zero-order valence-corrected chi connectivity index (χ0v) is 11.4. The van der Waals surface area contributed by atoms with Gasteiger partial charge in [0.1, 0.15) is 0 Å². The summed E-state index contributed by atoms with van der Waals surface area (Å²) in [6, 6.07) is 8.05. The smallest absolute Gasteiger partial charge is 0.159 e. The Morgan fingerprint density at radius 3 is 2.29 bits per heavy atom. The monoisotopic (exact) mass is 290 g/mol. The van der Waals surface area contributed by atoms with Gasteiger partial charge in [0.05, 0.1) is 0 Å². The second-order valence-corrected chi connectivity index (χ2v) is 4.94. The molecule has 0 radical (unpaired) electrons. The Morgan fingerprint density at radius 1 is 1.06 bits per heavy atom. The van der Waals surface area contributed by atoms with Gasteiger partial charge < -0.3 is 0 Å². The van der Waals surface area contributed by atoms with Gasteiger partial charge in [0, 0.05) is 22.4 Å². The number of aryl methyl sites for hydroxylation is 1. The first-order valence-electron chi connectivity index (χ1n) is 5.86. The second kappa shape index (κ2) is 5.92. The van der Waals surface area contributed by atoms with Gasteiger partial charge in [0.15, 0.2) is 5.82 Å². The number of aromatic nitrogens is 2. The van der Waals surface area contributed by atoms with Gasteiger partial charge in [-0.1, -0.05) is 41.4 Å². The van der Waals surface area contributed by atoms with Crippen LogP contribution in [0.2, 0.25) is 0 Å². The molecule has 0 aliphatic rings. The predicted molar refractivity (Wildman–Crippen MR) is 73.8 cm³/mol. The van der Waals surface area contributed by atoms with Crippen molar-refractivity contribution in [3.05, 3.63) is 46.7 Å². The van der Waals surface area contributed by atoms with E-state index in [1.54, 1.807) is 0 Å². The lowest BCUT2D eigenvalue weighted by Crippen LogP contribution is -1.92. The van der Waals surface area contributed by atoms with E-state index in [2.05, 4.69) is 32.8 Å².